The zero-order chi connectivity index (χ0) is 15.2. The Hall–Kier alpha value is -1.92. The van der Waals surface area contributed by atoms with Crippen molar-refractivity contribution < 1.29 is 19.4 Å². The number of methoxy groups -OCH3 is 1. The average molecular weight is 292 g/mol. The maximum absolute atomic E-state index is 12.0. The highest BCUT2D eigenvalue weighted by atomic mass is 16.5. The summed E-state index contributed by atoms with van der Waals surface area (Å²) in [5, 5.41) is 15.1. The molecule has 1 aliphatic heterocycles. The number of hydrogen-bond acceptors (Lipinski definition) is 4. The standard InChI is InChI=1S/C15H20N2O4/c1-21-11-7-13(16-8-11)14(18)17-9-12(15(19)20)10-5-3-2-4-6-10/h2-6,11-13,16H,7-9H2,1H3,(H,17,18)(H,19,20). The Kier molecular flexibility index (Phi) is 5.30. The molecule has 6 nitrogen and oxygen atoms in total. The van der Waals surface area contributed by atoms with Crippen molar-refractivity contribution in [3.8, 4) is 0 Å². The Morgan fingerprint density at radius 2 is 2.14 bits per heavy atom. The van der Waals surface area contributed by atoms with E-state index in [1.54, 1.807) is 31.4 Å². The fraction of sp³-hybridized carbons (Fsp3) is 0.467. The molecular formula is C15H20N2O4. The lowest BCUT2D eigenvalue weighted by molar-refractivity contribution is -0.138. The highest BCUT2D eigenvalue weighted by molar-refractivity contribution is 5.83. The van der Waals surface area contributed by atoms with Crippen molar-refractivity contribution in [1.29, 1.82) is 0 Å². The molecule has 114 valence electrons. The molecule has 1 aromatic carbocycles. The number of carbonyl (C=O) groups is 2. The number of amides is 1. The van der Waals surface area contributed by atoms with Gasteiger partial charge in [0.25, 0.3) is 0 Å². The van der Waals surface area contributed by atoms with Gasteiger partial charge in [-0.2, -0.15) is 0 Å². The number of carbonyl (C=O) groups excluding carboxylic acids is 1. The first-order valence-electron chi connectivity index (χ1n) is 6.93. The molecule has 1 amide bonds. The first-order valence-corrected chi connectivity index (χ1v) is 6.93. The zero-order valence-corrected chi connectivity index (χ0v) is 11.9. The van der Waals surface area contributed by atoms with Crippen LogP contribution in [0.4, 0.5) is 0 Å². The minimum Gasteiger partial charge on any atom is -0.481 e. The Morgan fingerprint density at radius 3 is 2.71 bits per heavy atom. The Morgan fingerprint density at radius 1 is 1.43 bits per heavy atom. The molecule has 1 aromatic rings. The van der Waals surface area contributed by atoms with Crippen LogP contribution in [0, 0.1) is 0 Å². The summed E-state index contributed by atoms with van der Waals surface area (Å²) in [6.45, 7) is 0.712. The molecule has 1 saturated heterocycles. The van der Waals surface area contributed by atoms with E-state index in [-0.39, 0.29) is 24.6 Å². The van der Waals surface area contributed by atoms with Gasteiger partial charge >= 0.3 is 5.97 Å². The highest BCUT2D eigenvalue weighted by Gasteiger charge is 2.30. The zero-order valence-electron chi connectivity index (χ0n) is 11.9. The van der Waals surface area contributed by atoms with E-state index in [1.165, 1.54) is 0 Å². The lowest BCUT2D eigenvalue weighted by Crippen LogP contribution is -2.42. The van der Waals surface area contributed by atoms with Crippen molar-refractivity contribution in [1.82, 2.24) is 10.6 Å². The summed E-state index contributed by atoms with van der Waals surface area (Å²) >= 11 is 0. The van der Waals surface area contributed by atoms with Crippen LogP contribution in [0.25, 0.3) is 0 Å². The normalized spacial score (nSPS) is 22.7. The van der Waals surface area contributed by atoms with E-state index in [1.807, 2.05) is 6.07 Å². The third-order valence-electron chi connectivity index (χ3n) is 3.72. The second-order valence-electron chi connectivity index (χ2n) is 5.10. The van der Waals surface area contributed by atoms with Crippen LogP contribution in [0.2, 0.25) is 0 Å². The predicted molar refractivity (Wildman–Crippen MR) is 77.0 cm³/mol. The van der Waals surface area contributed by atoms with Crippen LogP contribution in [0.1, 0.15) is 17.9 Å². The highest BCUT2D eigenvalue weighted by Crippen LogP contribution is 2.15. The molecule has 0 spiro atoms. The summed E-state index contributed by atoms with van der Waals surface area (Å²) < 4.78 is 5.19. The molecule has 21 heavy (non-hydrogen) atoms. The number of nitrogens with one attached hydrogen (secondary N) is 2. The number of carboxylic acids is 1. The summed E-state index contributed by atoms with van der Waals surface area (Å²) in [6, 6.07) is 8.58. The first kappa shape index (κ1) is 15.5. The third kappa shape index (κ3) is 4.03. The lowest BCUT2D eigenvalue weighted by atomic mass is 9.99. The Balaban J connectivity index is 1.91. The molecule has 3 atom stereocenters. The Labute approximate surface area is 123 Å². The lowest BCUT2D eigenvalue weighted by Gasteiger charge is -2.16. The van der Waals surface area contributed by atoms with E-state index < -0.39 is 11.9 Å². The van der Waals surface area contributed by atoms with Crippen molar-refractivity contribution in [3.63, 3.8) is 0 Å². The first-order chi connectivity index (χ1) is 10.1. The Bertz CT molecular complexity index is 492. The third-order valence-corrected chi connectivity index (χ3v) is 3.72. The van der Waals surface area contributed by atoms with Crippen molar-refractivity contribution in [2.24, 2.45) is 0 Å². The molecule has 0 saturated carbocycles. The van der Waals surface area contributed by atoms with Crippen molar-refractivity contribution in [2.75, 3.05) is 20.2 Å². The quantitative estimate of drug-likeness (QED) is 0.704. The van der Waals surface area contributed by atoms with E-state index >= 15 is 0 Å². The summed E-state index contributed by atoms with van der Waals surface area (Å²) in [7, 11) is 1.61. The molecule has 3 unspecified atom stereocenters. The number of ether oxygens (including phenoxy) is 1. The SMILES string of the molecule is COC1CNC(C(=O)NCC(C(=O)O)c2ccccc2)C1. The number of carboxylic acid groups (broad SMARTS) is 1. The largest absolute Gasteiger partial charge is 0.481 e. The fourth-order valence-electron chi connectivity index (χ4n) is 2.44. The molecule has 1 aliphatic rings. The van der Waals surface area contributed by atoms with Crippen LogP contribution in [0.3, 0.4) is 0 Å². The van der Waals surface area contributed by atoms with Crippen molar-refractivity contribution in [3.05, 3.63) is 35.9 Å². The van der Waals surface area contributed by atoms with Gasteiger partial charge in [-0.1, -0.05) is 30.3 Å². The van der Waals surface area contributed by atoms with Crippen LogP contribution in [-0.4, -0.2) is 49.3 Å². The average Bonchev–Trinajstić information content (AvgIpc) is 2.97. The van der Waals surface area contributed by atoms with Gasteiger partial charge in [-0.3, -0.25) is 9.59 Å². The van der Waals surface area contributed by atoms with Crippen molar-refractivity contribution >= 4 is 11.9 Å². The van der Waals surface area contributed by atoms with Crippen molar-refractivity contribution in [2.45, 2.75) is 24.5 Å². The van der Waals surface area contributed by atoms with Gasteiger partial charge in [0.1, 0.15) is 0 Å². The molecule has 1 heterocycles. The van der Waals surface area contributed by atoms with Crippen LogP contribution in [0.5, 0.6) is 0 Å². The number of hydrogen-bond donors (Lipinski definition) is 3. The van der Waals surface area contributed by atoms with Gasteiger partial charge in [0, 0.05) is 20.2 Å². The molecule has 0 aromatic heterocycles. The molecule has 0 radical (unpaired) electrons. The second kappa shape index (κ2) is 7.19. The minimum absolute atomic E-state index is 0.0325. The topological polar surface area (TPSA) is 87.7 Å². The summed E-state index contributed by atoms with van der Waals surface area (Å²) in [6.07, 6.45) is 0.635. The number of benzene rings is 1. The van der Waals surface area contributed by atoms with Gasteiger partial charge in [-0.15, -0.1) is 0 Å². The molecule has 2 rings (SSSR count). The molecule has 0 bridgehead atoms. The number of rotatable bonds is 6. The summed E-state index contributed by atoms with van der Waals surface area (Å²) in [5.41, 5.74) is 0.680. The molecule has 1 fully saturated rings. The summed E-state index contributed by atoms with van der Waals surface area (Å²) in [5.74, 6) is -1.87. The van der Waals surface area contributed by atoms with Gasteiger partial charge in [0.15, 0.2) is 0 Å². The molecule has 3 N–H and O–H groups in total. The van der Waals surface area contributed by atoms with Crippen LogP contribution in [0.15, 0.2) is 30.3 Å². The van der Waals surface area contributed by atoms with Gasteiger partial charge in [0.2, 0.25) is 5.91 Å². The van der Waals surface area contributed by atoms with Crippen LogP contribution < -0.4 is 10.6 Å². The van der Waals surface area contributed by atoms with Crippen LogP contribution in [-0.2, 0) is 14.3 Å². The van der Waals surface area contributed by atoms with E-state index in [9.17, 15) is 14.7 Å². The monoisotopic (exact) mass is 292 g/mol. The van der Waals surface area contributed by atoms with E-state index in [0.717, 1.165) is 0 Å². The summed E-state index contributed by atoms with van der Waals surface area (Å²) in [4.78, 5) is 23.4. The fourth-order valence-corrected chi connectivity index (χ4v) is 2.44. The maximum atomic E-state index is 12.0. The van der Waals surface area contributed by atoms with Gasteiger partial charge in [-0.25, -0.2) is 0 Å². The van der Waals surface area contributed by atoms with Gasteiger partial charge in [0.05, 0.1) is 18.1 Å². The molecule has 6 heteroatoms. The maximum Gasteiger partial charge on any atom is 0.312 e. The second-order valence-corrected chi connectivity index (χ2v) is 5.10. The smallest absolute Gasteiger partial charge is 0.312 e. The van der Waals surface area contributed by atoms with E-state index in [0.29, 0.717) is 18.5 Å². The minimum atomic E-state index is -0.948. The van der Waals surface area contributed by atoms with Gasteiger partial charge in [-0.05, 0) is 12.0 Å². The predicted octanol–water partition coefficient (Wildman–Crippen LogP) is 0.348. The van der Waals surface area contributed by atoms with E-state index in [2.05, 4.69) is 10.6 Å². The van der Waals surface area contributed by atoms with E-state index in [4.69, 9.17) is 4.74 Å². The molecular weight excluding hydrogens is 272 g/mol. The number of aliphatic carboxylic acids is 1. The molecule has 0 aliphatic carbocycles. The van der Waals surface area contributed by atoms with Crippen LogP contribution >= 0.6 is 0 Å². The van der Waals surface area contributed by atoms with Gasteiger partial charge < -0.3 is 20.5 Å².